The van der Waals surface area contributed by atoms with E-state index in [1.54, 1.807) is 0 Å². The summed E-state index contributed by atoms with van der Waals surface area (Å²) in [5.41, 5.74) is 1.11. The van der Waals surface area contributed by atoms with Gasteiger partial charge >= 0.3 is 0 Å². The van der Waals surface area contributed by atoms with Crippen LogP contribution in [0.15, 0.2) is 71.1 Å². The minimum atomic E-state index is -1.13. The summed E-state index contributed by atoms with van der Waals surface area (Å²) in [6.45, 7) is 0. The third-order valence-corrected chi connectivity index (χ3v) is 8.40. The molecule has 216 valence electrons. The van der Waals surface area contributed by atoms with Crippen molar-refractivity contribution in [3.8, 4) is 0 Å². The second-order valence-corrected chi connectivity index (χ2v) is 11.2. The summed E-state index contributed by atoms with van der Waals surface area (Å²) in [6, 6.07) is 12.7. The van der Waals surface area contributed by atoms with Gasteiger partial charge in [0.1, 0.15) is 16.7 Å². The molecule has 0 spiro atoms. The van der Waals surface area contributed by atoms with E-state index in [9.17, 15) is 33.9 Å². The molecule has 2 atom stereocenters. The molecule has 1 aromatic heterocycles. The van der Waals surface area contributed by atoms with Gasteiger partial charge in [-0.3, -0.25) is 39.0 Å². The van der Waals surface area contributed by atoms with Crippen LogP contribution in [0.25, 0.3) is 0 Å². The fourth-order valence-electron chi connectivity index (χ4n) is 5.37. The zero-order valence-corrected chi connectivity index (χ0v) is 23.2. The molecule has 0 bridgehead atoms. The summed E-state index contributed by atoms with van der Waals surface area (Å²) < 4.78 is 0. The Morgan fingerprint density at radius 1 is 1.05 bits per heavy atom. The van der Waals surface area contributed by atoms with Crippen molar-refractivity contribution < 1.29 is 33.9 Å². The predicted molar refractivity (Wildman–Crippen MR) is 154 cm³/mol. The first kappa shape index (κ1) is 27.8. The molecular formula is C30H23N5O7S. The molecule has 5 amide bonds. The summed E-state index contributed by atoms with van der Waals surface area (Å²) in [5, 5.41) is 15.5. The zero-order chi connectivity index (χ0) is 30.2. The highest BCUT2D eigenvalue weighted by atomic mass is 32.1. The second kappa shape index (κ2) is 11.2. The number of anilines is 1. The molecule has 1 aliphatic carbocycles. The molecule has 3 aromatic rings. The van der Waals surface area contributed by atoms with Crippen molar-refractivity contribution in [3.05, 3.63) is 87.6 Å². The standard InChI is InChI=1S/C30H23N5O7S/c36-21-11-16(15-5-2-1-3-6-15)12-22(37)18(21)13-31-30-32-14-23(43-30)27(40)33-19-8-4-7-17-25(19)29(42)35(28(17)41)20-9-10-24(38)34-26(20)39/h1-8,13-14,16,20,36H,9-12H2,(H,33,40)(H,34,38,39). The van der Waals surface area contributed by atoms with Gasteiger partial charge in [0.2, 0.25) is 16.9 Å². The predicted octanol–water partition coefficient (Wildman–Crippen LogP) is 3.46. The van der Waals surface area contributed by atoms with E-state index in [1.165, 1.54) is 30.6 Å². The number of amides is 5. The van der Waals surface area contributed by atoms with E-state index in [0.717, 1.165) is 21.8 Å². The van der Waals surface area contributed by atoms with Crippen molar-refractivity contribution in [2.24, 2.45) is 4.99 Å². The third kappa shape index (κ3) is 5.26. The molecule has 2 aromatic carbocycles. The fraction of sp³-hybridized carbons (Fsp3) is 0.200. The van der Waals surface area contributed by atoms with Gasteiger partial charge in [-0.2, -0.15) is 0 Å². The number of aliphatic imine (C=N–C) groups is 1. The number of carbonyl (C=O) groups is 6. The molecule has 2 aliphatic heterocycles. The molecule has 0 radical (unpaired) electrons. The van der Waals surface area contributed by atoms with Crippen LogP contribution in [0.1, 0.15) is 67.6 Å². The van der Waals surface area contributed by atoms with Crippen molar-refractivity contribution in [3.63, 3.8) is 0 Å². The number of nitrogens with one attached hydrogen (secondary N) is 2. The van der Waals surface area contributed by atoms with Crippen molar-refractivity contribution in [2.75, 3.05) is 5.32 Å². The number of nitrogens with zero attached hydrogens (tertiary/aromatic N) is 3. The van der Waals surface area contributed by atoms with Crippen LogP contribution in [0.4, 0.5) is 10.8 Å². The van der Waals surface area contributed by atoms with Crippen molar-refractivity contribution in [1.29, 1.82) is 0 Å². The maximum Gasteiger partial charge on any atom is 0.267 e. The van der Waals surface area contributed by atoms with Gasteiger partial charge in [-0.05, 0) is 30.0 Å². The average Bonchev–Trinajstić information content (AvgIpc) is 3.56. The summed E-state index contributed by atoms with van der Waals surface area (Å²) in [7, 11) is 0. The number of ketones is 1. The number of allylic oxidation sites excluding steroid dienone is 2. The topological polar surface area (TPSA) is 175 Å². The first-order valence-corrected chi connectivity index (χ1v) is 14.2. The Labute approximate surface area is 248 Å². The molecule has 0 saturated carbocycles. The number of thiazole rings is 1. The smallest absolute Gasteiger partial charge is 0.267 e. The van der Waals surface area contributed by atoms with E-state index in [1.807, 2.05) is 30.3 Å². The Balaban J connectivity index is 1.16. The van der Waals surface area contributed by atoms with Crippen LogP contribution in [0.5, 0.6) is 0 Å². The van der Waals surface area contributed by atoms with Gasteiger partial charge in [-0.25, -0.2) is 9.98 Å². The summed E-state index contributed by atoms with van der Waals surface area (Å²) in [4.78, 5) is 85.3. The van der Waals surface area contributed by atoms with E-state index >= 15 is 0 Å². The Hall–Kier alpha value is -5.30. The maximum atomic E-state index is 13.3. The number of Topliss-reactive ketones (excluding diaryl/α,β-unsaturated/α-hetero) is 1. The number of hydrogen-bond acceptors (Lipinski definition) is 10. The van der Waals surface area contributed by atoms with Crippen LogP contribution in [0.2, 0.25) is 0 Å². The number of piperidine rings is 1. The van der Waals surface area contributed by atoms with E-state index in [2.05, 4.69) is 20.6 Å². The molecule has 43 heavy (non-hydrogen) atoms. The molecule has 2 unspecified atom stereocenters. The first-order valence-electron chi connectivity index (χ1n) is 13.4. The van der Waals surface area contributed by atoms with Gasteiger partial charge in [-0.15, -0.1) is 0 Å². The molecule has 12 nitrogen and oxygen atoms in total. The van der Waals surface area contributed by atoms with Crippen molar-refractivity contribution in [1.82, 2.24) is 15.2 Å². The number of imide groups is 2. The number of rotatable bonds is 6. The lowest BCUT2D eigenvalue weighted by atomic mass is 9.83. The van der Waals surface area contributed by atoms with Gasteiger partial charge in [0.05, 0.1) is 28.6 Å². The molecule has 3 heterocycles. The number of aliphatic hydroxyl groups excluding tert-OH is 1. The molecule has 1 fully saturated rings. The molecular weight excluding hydrogens is 574 g/mol. The molecule has 13 heteroatoms. The number of benzene rings is 2. The number of aromatic nitrogens is 1. The highest BCUT2D eigenvalue weighted by molar-refractivity contribution is 7.17. The number of fused-ring (bicyclic) bond motifs is 1. The lowest BCUT2D eigenvalue weighted by Gasteiger charge is -2.27. The minimum Gasteiger partial charge on any atom is -0.511 e. The fourth-order valence-corrected chi connectivity index (χ4v) is 6.03. The summed E-state index contributed by atoms with van der Waals surface area (Å²) in [6.07, 6.45) is 3.05. The molecule has 6 rings (SSSR count). The van der Waals surface area contributed by atoms with Gasteiger partial charge in [0, 0.05) is 25.5 Å². The minimum absolute atomic E-state index is 0.00979. The Morgan fingerprint density at radius 2 is 1.84 bits per heavy atom. The SMILES string of the molecule is O=C1CCC(N2C(=O)c3cccc(NC(=O)c4cnc(N=CC5=C(O)CC(c6ccccc6)CC5=O)s4)c3C2=O)C(=O)N1. The summed E-state index contributed by atoms with van der Waals surface area (Å²) in [5.74, 6) is -3.71. The normalized spacial score (nSPS) is 20.6. The Kier molecular flexibility index (Phi) is 7.24. The summed E-state index contributed by atoms with van der Waals surface area (Å²) >= 11 is 0.923. The zero-order valence-electron chi connectivity index (χ0n) is 22.4. The molecule has 1 saturated heterocycles. The highest BCUT2D eigenvalue weighted by Crippen LogP contribution is 2.35. The van der Waals surface area contributed by atoms with Crippen LogP contribution >= 0.6 is 11.3 Å². The second-order valence-electron chi connectivity index (χ2n) is 10.2. The quantitative estimate of drug-likeness (QED) is 0.286. The third-order valence-electron chi connectivity index (χ3n) is 7.49. The number of aliphatic hydroxyl groups is 1. The van der Waals surface area contributed by atoms with Gasteiger partial charge in [0.25, 0.3) is 17.7 Å². The number of hydrogen-bond donors (Lipinski definition) is 3. The molecule has 3 N–H and O–H groups in total. The lowest BCUT2D eigenvalue weighted by molar-refractivity contribution is -0.136. The first-order chi connectivity index (χ1) is 20.7. The van der Waals surface area contributed by atoms with Crippen LogP contribution in [-0.2, 0) is 14.4 Å². The lowest BCUT2D eigenvalue weighted by Crippen LogP contribution is -2.54. The molecule has 3 aliphatic rings. The Morgan fingerprint density at radius 3 is 2.58 bits per heavy atom. The van der Waals surface area contributed by atoms with Crippen LogP contribution in [-0.4, -0.2) is 62.6 Å². The van der Waals surface area contributed by atoms with Gasteiger partial charge < -0.3 is 10.4 Å². The number of carbonyl (C=O) groups excluding carboxylic acids is 6. The highest BCUT2D eigenvalue weighted by Gasteiger charge is 2.45. The van der Waals surface area contributed by atoms with E-state index in [-0.39, 0.29) is 69.1 Å². The largest absolute Gasteiger partial charge is 0.511 e. The van der Waals surface area contributed by atoms with E-state index in [0.29, 0.717) is 6.42 Å². The van der Waals surface area contributed by atoms with E-state index in [4.69, 9.17) is 0 Å². The van der Waals surface area contributed by atoms with Crippen LogP contribution < -0.4 is 10.6 Å². The maximum absolute atomic E-state index is 13.3. The van der Waals surface area contributed by atoms with Gasteiger partial charge in [0.15, 0.2) is 5.78 Å². The van der Waals surface area contributed by atoms with Crippen molar-refractivity contribution >= 4 is 63.7 Å². The monoisotopic (exact) mass is 597 g/mol. The average molecular weight is 598 g/mol. The van der Waals surface area contributed by atoms with Crippen LogP contribution in [0.3, 0.4) is 0 Å². The van der Waals surface area contributed by atoms with Gasteiger partial charge in [-0.1, -0.05) is 47.7 Å². The van der Waals surface area contributed by atoms with E-state index < -0.39 is 35.6 Å². The van der Waals surface area contributed by atoms with Crippen molar-refractivity contribution in [2.45, 2.75) is 37.6 Å². The Bertz CT molecular complexity index is 1780. The van der Waals surface area contributed by atoms with Crippen LogP contribution in [0, 0.1) is 0 Å².